The third-order valence-electron chi connectivity index (χ3n) is 3.94. The van der Waals surface area contributed by atoms with Gasteiger partial charge in [-0.2, -0.15) is 0 Å². The van der Waals surface area contributed by atoms with Crippen LogP contribution in [-0.4, -0.2) is 9.55 Å². The number of nitrogen functional groups attached to an aromatic ring is 1. The first-order valence-corrected chi connectivity index (χ1v) is 12.2. The Hall–Kier alpha value is -1.87. The molecule has 1 aromatic heterocycles. The van der Waals surface area contributed by atoms with Gasteiger partial charge in [0.1, 0.15) is 11.9 Å². The van der Waals surface area contributed by atoms with E-state index in [9.17, 15) is 0 Å². The van der Waals surface area contributed by atoms with Crippen LogP contribution in [0.3, 0.4) is 0 Å². The van der Waals surface area contributed by atoms with Gasteiger partial charge in [-0.15, -0.1) is 0 Å². The summed E-state index contributed by atoms with van der Waals surface area (Å²) in [5.41, 5.74) is 9.80. The molecule has 0 aliphatic carbocycles. The van der Waals surface area contributed by atoms with Crippen molar-refractivity contribution >= 4 is 34.2 Å². The molecule has 0 bridgehead atoms. The van der Waals surface area contributed by atoms with Crippen LogP contribution in [0, 0.1) is 11.8 Å². The minimum atomic E-state index is -0.0266. The second-order valence-electron chi connectivity index (χ2n) is 5.75. The van der Waals surface area contributed by atoms with E-state index in [1.807, 2.05) is 54.1 Å². The van der Waals surface area contributed by atoms with E-state index in [2.05, 4.69) is 51.0 Å². The number of hydrogen-bond acceptors (Lipinski definition) is 3. The molecule has 0 saturated carbocycles. The summed E-state index contributed by atoms with van der Waals surface area (Å²) in [6, 6.07) is 16.1. The molecular formula is C20H19IN3OP. The highest BCUT2D eigenvalue weighted by Crippen LogP contribution is 2.30. The molecule has 2 N–H and O–H groups in total. The van der Waals surface area contributed by atoms with E-state index in [4.69, 9.17) is 10.3 Å². The lowest BCUT2D eigenvalue weighted by Gasteiger charge is -2.11. The summed E-state index contributed by atoms with van der Waals surface area (Å²) in [6.07, 6.45) is 3.69. The molecule has 2 atom stereocenters. The lowest BCUT2D eigenvalue weighted by molar-refractivity contribution is 0.251. The van der Waals surface area contributed by atoms with E-state index >= 15 is 0 Å². The van der Waals surface area contributed by atoms with Gasteiger partial charge in [-0.3, -0.25) is 0 Å². The molecular weight excluding hydrogens is 456 g/mol. The minimum Gasteiger partial charge on any atom is -0.399 e. The van der Waals surface area contributed by atoms with Crippen LogP contribution in [0.25, 0.3) is 11.1 Å². The summed E-state index contributed by atoms with van der Waals surface area (Å²) < 4.78 is 7.65. The Bertz CT molecular complexity index is 911. The Balaban J connectivity index is 1.68. The van der Waals surface area contributed by atoms with Gasteiger partial charge in [0, 0.05) is 23.6 Å². The van der Waals surface area contributed by atoms with Crippen molar-refractivity contribution in [2.24, 2.45) is 0 Å². The Labute approximate surface area is 168 Å². The first-order chi connectivity index (χ1) is 12.7. The highest BCUT2D eigenvalue weighted by Gasteiger charge is 2.11. The van der Waals surface area contributed by atoms with Gasteiger partial charge in [0.2, 0.25) is 0 Å². The minimum absolute atomic E-state index is 0.0266. The van der Waals surface area contributed by atoms with Crippen molar-refractivity contribution < 1.29 is 4.52 Å². The van der Waals surface area contributed by atoms with Crippen molar-refractivity contribution in [2.45, 2.75) is 19.6 Å². The number of rotatable bonds is 5. The van der Waals surface area contributed by atoms with E-state index in [0.29, 0.717) is 13.0 Å². The molecule has 2 aromatic carbocycles. The molecule has 1 heterocycles. The predicted octanol–water partition coefficient (Wildman–Crippen LogP) is 5.21. The molecule has 4 nitrogen and oxygen atoms in total. The lowest BCUT2D eigenvalue weighted by Crippen LogP contribution is -2.06. The Morgan fingerprint density at radius 3 is 2.46 bits per heavy atom. The maximum atomic E-state index is 5.74. The molecule has 3 aromatic rings. The van der Waals surface area contributed by atoms with Gasteiger partial charge in [0.05, 0.1) is 13.0 Å². The smallest absolute Gasteiger partial charge is 0.138 e. The number of benzene rings is 2. The fourth-order valence-corrected chi connectivity index (χ4v) is 3.96. The monoisotopic (exact) mass is 475 g/mol. The van der Waals surface area contributed by atoms with Crippen LogP contribution >= 0.6 is 28.5 Å². The quantitative estimate of drug-likeness (QED) is 0.239. The largest absolute Gasteiger partial charge is 0.399 e. The van der Waals surface area contributed by atoms with Crippen molar-refractivity contribution in [1.82, 2.24) is 9.55 Å². The summed E-state index contributed by atoms with van der Waals surface area (Å²) >= 11 is 2.22. The van der Waals surface area contributed by atoms with Gasteiger partial charge in [-0.25, -0.2) is 4.98 Å². The van der Waals surface area contributed by atoms with Gasteiger partial charge in [0.15, 0.2) is 0 Å². The van der Waals surface area contributed by atoms with Crippen molar-refractivity contribution in [3.8, 4) is 23.0 Å². The van der Waals surface area contributed by atoms with Crippen LogP contribution < -0.4 is 5.73 Å². The van der Waals surface area contributed by atoms with Crippen LogP contribution in [0.1, 0.15) is 24.4 Å². The second-order valence-corrected chi connectivity index (χ2v) is 7.46. The molecule has 2 unspecified atom stereocenters. The second kappa shape index (κ2) is 9.18. The average molecular weight is 475 g/mol. The zero-order valence-corrected chi connectivity index (χ0v) is 17.5. The molecule has 3 rings (SSSR count). The third-order valence-corrected chi connectivity index (χ3v) is 5.15. The number of nitrogens with two attached hydrogens (primary N) is 1. The number of imidazole rings is 1. The number of aromatic nitrogens is 2. The normalized spacial score (nSPS) is 12.1. The molecule has 0 radical (unpaired) electrons. The molecule has 6 heteroatoms. The molecule has 0 aliphatic rings. The maximum Gasteiger partial charge on any atom is 0.138 e. The Kier molecular flexibility index (Phi) is 6.67. The summed E-state index contributed by atoms with van der Waals surface area (Å²) in [5.74, 6) is 7.32. The van der Waals surface area contributed by atoms with Crippen LogP contribution in [0.4, 0.5) is 5.69 Å². The topological polar surface area (TPSA) is 53.1 Å². The third kappa shape index (κ3) is 4.85. The lowest BCUT2D eigenvalue weighted by atomic mass is 10.0. The van der Waals surface area contributed by atoms with E-state index in [1.165, 1.54) is 0 Å². The number of anilines is 1. The number of nitrogens with zero attached hydrogens (tertiary/aromatic N) is 2. The number of hydrogen-bond donors (Lipinski definition) is 1. The highest BCUT2D eigenvalue weighted by atomic mass is 127. The van der Waals surface area contributed by atoms with Gasteiger partial charge in [-0.1, -0.05) is 36.1 Å². The Morgan fingerprint density at radius 2 is 1.81 bits per heavy atom. The average Bonchev–Trinajstić information content (AvgIpc) is 3.12. The van der Waals surface area contributed by atoms with Crippen molar-refractivity contribution in [2.75, 3.05) is 5.73 Å². The van der Waals surface area contributed by atoms with Gasteiger partial charge in [-0.05, 0) is 64.4 Å². The molecule has 0 saturated heterocycles. The fourth-order valence-electron chi connectivity index (χ4n) is 2.58. The molecule has 132 valence electrons. The van der Waals surface area contributed by atoms with Crippen molar-refractivity contribution in [3.05, 3.63) is 72.3 Å². The zero-order chi connectivity index (χ0) is 18.4. The van der Waals surface area contributed by atoms with Gasteiger partial charge in [0.25, 0.3) is 0 Å². The van der Waals surface area contributed by atoms with Crippen LogP contribution in [0.2, 0.25) is 0 Å². The molecule has 0 aliphatic heterocycles. The Morgan fingerprint density at radius 1 is 1.15 bits per heavy atom. The molecule has 26 heavy (non-hydrogen) atoms. The highest BCUT2D eigenvalue weighted by molar-refractivity contribution is 14.2. The first kappa shape index (κ1) is 18.9. The van der Waals surface area contributed by atoms with Crippen molar-refractivity contribution in [1.29, 1.82) is 0 Å². The van der Waals surface area contributed by atoms with Crippen LogP contribution in [-0.2, 0) is 11.1 Å². The SMILES string of the molecule is CC(OPI)c1nccn1CC#Cc1ccc(-c2ccc(N)cc2)cc1. The van der Waals surface area contributed by atoms with Crippen LogP contribution in [0.5, 0.6) is 0 Å². The molecule has 0 spiro atoms. The van der Waals surface area contributed by atoms with Crippen molar-refractivity contribution in [3.63, 3.8) is 0 Å². The first-order valence-electron chi connectivity index (χ1n) is 8.14. The standard InChI is InChI=1S/C20H19IN3OP/c1-15(25-26-21)20-23-12-14-24(20)13-2-3-16-4-6-17(7-5-16)18-8-10-19(22)11-9-18/h4-12,14-15,26H,13,22H2,1H3. The fraction of sp³-hybridized carbons (Fsp3) is 0.150. The van der Waals surface area contributed by atoms with E-state index < -0.39 is 0 Å². The molecule has 0 amide bonds. The van der Waals surface area contributed by atoms with Crippen LogP contribution in [0.15, 0.2) is 60.9 Å². The van der Waals surface area contributed by atoms with E-state index in [1.54, 1.807) is 6.20 Å². The summed E-state index contributed by atoms with van der Waals surface area (Å²) in [5, 5.41) is 0. The summed E-state index contributed by atoms with van der Waals surface area (Å²) in [6.45, 7) is 3.01. The summed E-state index contributed by atoms with van der Waals surface area (Å²) in [7, 11) is 0. The predicted molar refractivity (Wildman–Crippen MR) is 117 cm³/mol. The summed E-state index contributed by atoms with van der Waals surface area (Å²) in [4.78, 5) is 4.37. The zero-order valence-electron chi connectivity index (χ0n) is 14.3. The molecule has 0 fully saturated rings. The van der Waals surface area contributed by atoms with Gasteiger partial charge >= 0.3 is 0 Å². The van der Waals surface area contributed by atoms with E-state index in [0.717, 1.165) is 28.2 Å². The maximum absolute atomic E-state index is 5.74. The van der Waals surface area contributed by atoms with Gasteiger partial charge < -0.3 is 14.8 Å². The van der Waals surface area contributed by atoms with E-state index in [-0.39, 0.29) is 6.10 Å². The number of halogens is 1.